The van der Waals surface area contributed by atoms with Crippen molar-refractivity contribution in [3.05, 3.63) is 65.1 Å². The fraction of sp³-hybridized carbons (Fsp3) is 0.423. The van der Waals surface area contributed by atoms with Crippen molar-refractivity contribution in [2.24, 2.45) is 5.92 Å². The zero-order valence-electron chi connectivity index (χ0n) is 19.0. The maximum Gasteiger partial charge on any atom is 0.274 e. The molecule has 0 saturated carbocycles. The van der Waals surface area contributed by atoms with Crippen molar-refractivity contribution in [1.29, 1.82) is 0 Å². The quantitative estimate of drug-likeness (QED) is 0.651. The van der Waals surface area contributed by atoms with Crippen LogP contribution in [0.5, 0.6) is 5.75 Å². The summed E-state index contributed by atoms with van der Waals surface area (Å²) in [7, 11) is 0. The highest BCUT2D eigenvalue weighted by molar-refractivity contribution is 5.93. The van der Waals surface area contributed by atoms with E-state index in [1.165, 1.54) is 5.56 Å². The van der Waals surface area contributed by atoms with E-state index in [-0.39, 0.29) is 17.7 Å². The lowest BCUT2D eigenvalue weighted by atomic mass is 9.94. The second-order valence-corrected chi connectivity index (χ2v) is 9.23. The Labute approximate surface area is 193 Å². The number of aryl methyl sites for hydroxylation is 2. The summed E-state index contributed by atoms with van der Waals surface area (Å²) in [5.41, 5.74) is 4.66. The van der Waals surface area contributed by atoms with Crippen molar-refractivity contribution < 1.29 is 14.3 Å². The molecule has 0 spiro atoms. The summed E-state index contributed by atoms with van der Waals surface area (Å²) in [6, 6.07) is 10.1. The maximum absolute atomic E-state index is 13.1. The first-order valence-electron chi connectivity index (χ1n) is 11.8. The van der Waals surface area contributed by atoms with Gasteiger partial charge in [0.05, 0.1) is 6.61 Å². The molecule has 1 fully saturated rings. The number of benzene rings is 1. The van der Waals surface area contributed by atoms with E-state index in [1.807, 2.05) is 46.7 Å². The molecule has 0 aliphatic carbocycles. The van der Waals surface area contributed by atoms with Crippen LogP contribution in [0.3, 0.4) is 0 Å². The minimum Gasteiger partial charge on any atom is -0.493 e. The average Bonchev–Trinajstić information content (AvgIpc) is 3.25. The number of fused-ring (bicyclic) bond motifs is 2. The fourth-order valence-electron chi connectivity index (χ4n) is 4.84. The Morgan fingerprint density at radius 2 is 2.09 bits per heavy atom. The van der Waals surface area contributed by atoms with Crippen LogP contribution in [0.1, 0.15) is 52.9 Å². The molecule has 0 unspecified atom stereocenters. The minimum absolute atomic E-state index is 0.0338. The van der Waals surface area contributed by atoms with Gasteiger partial charge in [0.1, 0.15) is 17.1 Å². The van der Waals surface area contributed by atoms with Crippen molar-refractivity contribution >= 4 is 17.5 Å². The van der Waals surface area contributed by atoms with Gasteiger partial charge in [-0.1, -0.05) is 18.2 Å². The molecule has 1 N–H and O–H groups in total. The molecular weight excluding hydrogens is 416 g/mol. The Morgan fingerprint density at radius 3 is 3.00 bits per heavy atom. The van der Waals surface area contributed by atoms with E-state index < -0.39 is 0 Å². The molecule has 7 nitrogen and oxygen atoms in total. The van der Waals surface area contributed by atoms with Gasteiger partial charge in [0.25, 0.3) is 5.91 Å². The number of nitrogens with zero attached hydrogens (tertiary/aromatic N) is 3. The van der Waals surface area contributed by atoms with Crippen molar-refractivity contribution in [3.63, 3.8) is 0 Å². The number of nitrogens with one attached hydrogen (secondary N) is 1. The van der Waals surface area contributed by atoms with Gasteiger partial charge in [-0.15, -0.1) is 0 Å². The molecular formula is C26H30N4O3. The highest BCUT2D eigenvalue weighted by Gasteiger charge is 2.27. The number of piperidine rings is 1. The molecule has 0 bridgehead atoms. The monoisotopic (exact) mass is 446 g/mol. The van der Waals surface area contributed by atoms with Crippen LogP contribution >= 0.6 is 0 Å². The van der Waals surface area contributed by atoms with E-state index in [9.17, 15) is 9.59 Å². The van der Waals surface area contributed by atoms with Gasteiger partial charge in [-0.25, -0.2) is 4.98 Å². The molecule has 1 saturated heterocycles. The number of imidazole rings is 1. The molecule has 3 aromatic rings. The minimum atomic E-state index is -0.0576. The summed E-state index contributed by atoms with van der Waals surface area (Å²) in [6.45, 7) is 4.61. The first-order chi connectivity index (χ1) is 16.0. The number of carbonyl (C=O) groups excluding carboxylic acids is 2. The molecule has 4 heterocycles. The third-order valence-corrected chi connectivity index (χ3v) is 6.56. The third-order valence-electron chi connectivity index (χ3n) is 6.56. The zero-order valence-corrected chi connectivity index (χ0v) is 19.0. The highest BCUT2D eigenvalue weighted by atomic mass is 16.5. The van der Waals surface area contributed by atoms with E-state index in [4.69, 9.17) is 4.74 Å². The first-order valence-corrected chi connectivity index (χ1v) is 11.8. The van der Waals surface area contributed by atoms with E-state index >= 15 is 0 Å². The van der Waals surface area contributed by atoms with Gasteiger partial charge in [-0.2, -0.15) is 0 Å². The van der Waals surface area contributed by atoms with Crippen molar-refractivity contribution in [1.82, 2.24) is 19.6 Å². The summed E-state index contributed by atoms with van der Waals surface area (Å²) in [6.07, 6.45) is 8.12. The predicted octanol–water partition coefficient (Wildman–Crippen LogP) is 3.53. The number of aromatic nitrogens is 2. The summed E-state index contributed by atoms with van der Waals surface area (Å²) >= 11 is 0. The van der Waals surface area contributed by atoms with E-state index in [2.05, 4.69) is 16.4 Å². The number of hydrogen-bond acceptors (Lipinski definition) is 4. The summed E-state index contributed by atoms with van der Waals surface area (Å²) in [5.74, 6) is 1.10. The number of ether oxygens (including phenoxy) is 1. The number of likely N-dealkylation sites (tertiary alicyclic amines) is 1. The van der Waals surface area contributed by atoms with Crippen molar-refractivity contribution in [2.45, 2.75) is 45.6 Å². The second-order valence-electron chi connectivity index (χ2n) is 9.23. The number of hydrogen-bond donors (Lipinski definition) is 1. The topological polar surface area (TPSA) is 75.9 Å². The summed E-state index contributed by atoms with van der Waals surface area (Å²) in [4.78, 5) is 32.0. The van der Waals surface area contributed by atoms with Crippen LogP contribution in [0.25, 0.3) is 5.65 Å². The molecule has 2 amide bonds. The average molecular weight is 447 g/mol. The first kappa shape index (κ1) is 21.5. The molecule has 5 rings (SSSR count). The van der Waals surface area contributed by atoms with E-state index in [1.54, 1.807) is 6.20 Å². The number of amides is 2. The van der Waals surface area contributed by atoms with Gasteiger partial charge in [0, 0.05) is 38.4 Å². The Kier molecular flexibility index (Phi) is 6.03. The smallest absolute Gasteiger partial charge is 0.274 e. The fourth-order valence-corrected chi connectivity index (χ4v) is 4.84. The molecule has 7 heteroatoms. The predicted molar refractivity (Wildman–Crippen MR) is 125 cm³/mol. The molecule has 0 radical (unpaired) electrons. The molecule has 1 aromatic carbocycles. The lowest BCUT2D eigenvalue weighted by Gasteiger charge is -2.32. The van der Waals surface area contributed by atoms with Gasteiger partial charge < -0.3 is 19.4 Å². The van der Waals surface area contributed by atoms with Crippen LogP contribution < -0.4 is 10.1 Å². The van der Waals surface area contributed by atoms with Gasteiger partial charge in [-0.3, -0.25) is 9.59 Å². The zero-order chi connectivity index (χ0) is 22.8. The van der Waals surface area contributed by atoms with Crippen LogP contribution in [-0.2, 0) is 17.8 Å². The SMILES string of the molecule is Cc1ccc2nc(C(=O)N3CCC[C@H](CC(=O)NCc4ccc5c(c4)CCCO5)C3)cn2c1. The van der Waals surface area contributed by atoms with Crippen LogP contribution in [0.15, 0.2) is 42.7 Å². The van der Waals surface area contributed by atoms with Crippen LogP contribution in [-0.4, -0.2) is 45.8 Å². The van der Waals surface area contributed by atoms with E-state index in [0.717, 1.165) is 54.8 Å². The Balaban J connectivity index is 1.15. The number of carbonyl (C=O) groups is 2. The highest BCUT2D eigenvalue weighted by Crippen LogP contribution is 2.26. The van der Waals surface area contributed by atoms with Crippen LogP contribution in [0.2, 0.25) is 0 Å². The second kappa shape index (κ2) is 9.25. The van der Waals surface area contributed by atoms with Gasteiger partial charge in [0.2, 0.25) is 5.91 Å². The van der Waals surface area contributed by atoms with Crippen LogP contribution in [0.4, 0.5) is 0 Å². The lowest BCUT2D eigenvalue weighted by Crippen LogP contribution is -2.41. The largest absolute Gasteiger partial charge is 0.493 e. The lowest BCUT2D eigenvalue weighted by molar-refractivity contribution is -0.122. The number of pyridine rings is 1. The van der Waals surface area contributed by atoms with Gasteiger partial charge in [0.15, 0.2) is 0 Å². The van der Waals surface area contributed by atoms with E-state index in [0.29, 0.717) is 31.7 Å². The molecule has 2 aliphatic rings. The molecule has 2 aliphatic heterocycles. The Morgan fingerprint density at radius 1 is 1.18 bits per heavy atom. The number of rotatable bonds is 5. The van der Waals surface area contributed by atoms with Gasteiger partial charge >= 0.3 is 0 Å². The third kappa shape index (κ3) is 4.87. The van der Waals surface area contributed by atoms with Crippen LogP contribution in [0, 0.1) is 12.8 Å². The standard InChI is InChI=1S/C26H30N4O3/c1-18-6-9-24-28-22(17-30(24)15-18)26(32)29-10-2-4-20(16-29)13-25(31)27-14-19-7-8-23-21(12-19)5-3-11-33-23/h6-9,12,15,17,20H,2-5,10-11,13-14,16H2,1H3,(H,27,31)/t20-/m1/s1. The molecule has 33 heavy (non-hydrogen) atoms. The molecule has 2 aromatic heterocycles. The summed E-state index contributed by atoms with van der Waals surface area (Å²) in [5, 5.41) is 3.05. The van der Waals surface area contributed by atoms with Crippen molar-refractivity contribution in [3.8, 4) is 5.75 Å². The maximum atomic E-state index is 13.1. The normalized spacial score (nSPS) is 18.0. The molecule has 172 valence electrons. The molecule has 1 atom stereocenters. The van der Waals surface area contributed by atoms with Gasteiger partial charge in [-0.05, 0) is 67.3 Å². The Bertz CT molecular complexity index is 1190. The summed E-state index contributed by atoms with van der Waals surface area (Å²) < 4.78 is 7.56. The Hall–Kier alpha value is -3.35. The van der Waals surface area contributed by atoms with Crippen molar-refractivity contribution in [2.75, 3.05) is 19.7 Å².